The molecule has 0 aromatic heterocycles. The third-order valence-electron chi connectivity index (χ3n) is 10.2. The molecule has 8 rings (SSSR count). The fourth-order valence-corrected chi connectivity index (χ4v) is 8.60. The minimum Gasteiger partial charge on any atom is -0.0622 e. The molecule has 48 heavy (non-hydrogen) atoms. The number of fused-ring (bicyclic) bond motifs is 3. The molecule has 0 atom stereocenters. The van der Waals surface area contributed by atoms with E-state index in [1.807, 2.05) is 0 Å². The summed E-state index contributed by atoms with van der Waals surface area (Å²) in [6.45, 7) is 13.6. The maximum absolute atomic E-state index is 2.36. The van der Waals surface area contributed by atoms with Gasteiger partial charge in [0.1, 0.15) is 0 Å². The van der Waals surface area contributed by atoms with Crippen LogP contribution in [0.2, 0.25) is 0 Å². The van der Waals surface area contributed by atoms with Crippen molar-refractivity contribution in [1.82, 2.24) is 0 Å². The van der Waals surface area contributed by atoms with E-state index in [2.05, 4.69) is 175 Å². The highest BCUT2D eigenvalue weighted by molar-refractivity contribution is 6.34. The van der Waals surface area contributed by atoms with Crippen LogP contribution in [0.5, 0.6) is 0 Å². The van der Waals surface area contributed by atoms with Crippen LogP contribution in [0.1, 0.15) is 33.4 Å². The van der Waals surface area contributed by atoms with Gasteiger partial charge in [0, 0.05) is 0 Å². The van der Waals surface area contributed by atoms with E-state index in [9.17, 15) is 0 Å². The highest BCUT2D eigenvalue weighted by Gasteiger charge is 2.27. The van der Waals surface area contributed by atoms with Crippen LogP contribution < -0.4 is 0 Å². The lowest BCUT2D eigenvalue weighted by Gasteiger charge is -2.27. The maximum atomic E-state index is 2.36. The molecule has 0 amide bonds. The summed E-state index contributed by atoms with van der Waals surface area (Å²) in [6.07, 6.45) is 0. The molecule has 0 nitrogen and oxygen atoms in total. The van der Waals surface area contributed by atoms with Crippen LogP contribution in [0.4, 0.5) is 0 Å². The Labute approximate surface area is 284 Å². The van der Waals surface area contributed by atoms with Crippen molar-refractivity contribution in [3.8, 4) is 44.5 Å². The zero-order valence-corrected chi connectivity index (χ0v) is 28.7. The first-order valence-electron chi connectivity index (χ1n) is 17.0. The number of aryl methyl sites for hydroxylation is 6. The molecule has 0 spiro atoms. The number of benzene rings is 8. The van der Waals surface area contributed by atoms with Crippen LogP contribution in [0, 0.1) is 41.5 Å². The van der Waals surface area contributed by atoms with E-state index in [0.717, 1.165) is 0 Å². The highest BCUT2D eigenvalue weighted by Crippen LogP contribution is 2.55. The third-order valence-corrected chi connectivity index (χ3v) is 10.2. The molecule has 0 bridgehead atoms. The quantitative estimate of drug-likeness (QED) is 0.173. The van der Waals surface area contributed by atoms with E-state index in [4.69, 9.17) is 0 Å². The second kappa shape index (κ2) is 11.7. The molecule has 0 unspecified atom stereocenters. The fourth-order valence-electron chi connectivity index (χ4n) is 8.60. The van der Waals surface area contributed by atoms with E-state index >= 15 is 0 Å². The van der Waals surface area contributed by atoms with Gasteiger partial charge < -0.3 is 0 Å². The predicted octanol–water partition coefficient (Wildman–Crippen LogP) is 13.7. The minimum atomic E-state index is 1.24. The van der Waals surface area contributed by atoms with E-state index < -0.39 is 0 Å². The summed E-state index contributed by atoms with van der Waals surface area (Å²) in [7, 11) is 0. The van der Waals surface area contributed by atoms with E-state index in [-0.39, 0.29) is 0 Å². The van der Waals surface area contributed by atoms with Gasteiger partial charge in [-0.1, -0.05) is 145 Å². The Bertz CT molecular complexity index is 2310. The highest BCUT2D eigenvalue weighted by atomic mass is 14.3. The molecule has 0 aliphatic rings. The molecular weight excluding hydrogens is 577 g/mol. The van der Waals surface area contributed by atoms with Gasteiger partial charge in [-0.05, 0) is 141 Å². The minimum absolute atomic E-state index is 1.24. The summed E-state index contributed by atoms with van der Waals surface area (Å²) in [5.41, 5.74) is 18.2. The molecule has 232 valence electrons. The van der Waals surface area contributed by atoms with Crippen LogP contribution in [-0.2, 0) is 0 Å². The average molecular weight is 617 g/mol. The first-order valence-corrected chi connectivity index (χ1v) is 17.0. The molecule has 8 aromatic carbocycles. The topological polar surface area (TPSA) is 0 Å². The van der Waals surface area contributed by atoms with Crippen molar-refractivity contribution in [3.05, 3.63) is 167 Å². The van der Waals surface area contributed by atoms with Crippen molar-refractivity contribution in [2.24, 2.45) is 0 Å². The molecule has 0 heterocycles. The molecule has 0 N–H and O–H groups in total. The Kier molecular flexibility index (Phi) is 7.26. The van der Waals surface area contributed by atoms with Gasteiger partial charge in [-0.15, -0.1) is 0 Å². The van der Waals surface area contributed by atoms with Gasteiger partial charge in [-0.2, -0.15) is 0 Å². The van der Waals surface area contributed by atoms with Gasteiger partial charge in [0.05, 0.1) is 0 Å². The SMILES string of the molecule is Cc1cc(C)c(-c2c3ccccc3c(-c3c(C)cc(C)cc3C)c3c(-c4ccccc4)c4ccccc4c(-c4ccccc4)c23)c(C)c1. The number of rotatable bonds is 4. The van der Waals surface area contributed by atoms with Crippen molar-refractivity contribution in [3.63, 3.8) is 0 Å². The Morgan fingerprint density at radius 1 is 0.271 bits per heavy atom. The predicted molar refractivity (Wildman–Crippen MR) is 209 cm³/mol. The summed E-state index contributed by atoms with van der Waals surface area (Å²) in [5.74, 6) is 0. The normalized spacial score (nSPS) is 11.5. The smallest absolute Gasteiger partial charge is 0.000118 e. The lowest BCUT2D eigenvalue weighted by Crippen LogP contribution is -2.01. The van der Waals surface area contributed by atoms with Gasteiger partial charge in [0.15, 0.2) is 0 Å². The molecule has 0 saturated heterocycles. The van der Waals surface area contributed by atoms with Gasteiger partial charge in [0.25, 0.3) is 0 Å². The molecule has 8 aromatic rings. The molecule has 0 radical (unpaired) electrons. The second-order valence-electron chi connectivity index (χ2n) is 13.6. The zero-order valence-electron chi connectivity index (χ0n) is 28.7. The largest absolute Gasteiger partial charge is 0.0622 e. The molecule has 0 aliphatic carbocycles. The Morgan fingerprint density at radius 2 is 0.542 bits per heavy atom. The fraction of sp³-hybridized carbons (Fsp3) is 0.125. The van der Waals surface area contributed by atoms with Gasteiger partial charge in [-0.25, -0.2) is 0 Å². The molecular formula is C48H40. The molecule has 0 fully saturated rings. The van der Waals surface area contributed by atoms with Crippen molar-refractivity contribution in [1.29, 1.82) is 0 Å². The molecule has 0 aliphatic heterocycles. The lowest BCUT2D eigenvalue weighted by molar-refractivity contribution is 1.32. The van der Waals surface area contributed by atoms with Crippen LogP contribution >= 0.6 is 0 Å². The number of hydrogen-bond donors (Lipinski definition) is 0. The van der Waals surface area contributed by atoms with Crippen LogP contribution in [0.25, 0.3) is 76.8 Å². The first-order chi connectivity index (χ1) is 23.3. The first kappa shape index (κ1) is 29.9. The monoisotopic (exact) mass is 616 g/mol. The summed E-state index contributed by atoms with van der Waals surface area (Å²) < 4.78 is 0. The van der Waals surface area contributed by atoms with Crippen LogP contribution in [-0.4, -0.2) is 0 Å². The summed E-state index contributed by atoms with van der Waals surface area (Å²) in [4.78, 5) is 0. The lowest BCUT2D eigenvalue weighted by atomic mass is 9.75. The van der Waals surface area contributed by atoms with Crippen molar-refractivity contribution in [2.45, 2.75) is 41.5 Å². The van der Waals surface area contributed by atoms with E-state index in [0.29, 0.717) is 0 Å². The van der Waals surface area contributed by atoms with Gasteiger partial charge in [-0.3, -0.25) is 0 Å². The average Bonchev–Trinajstić information content (AvgIpc) is 3.08. The van der Waals surface area contributed by atoms with E-state index in [1.54, 1.807) is 0 Å². The second-order valence-corrected chi connectivity index (χ2v) is 13.6. The third kappa shape index (κ3) is 4.67. The Balaban J connectivity index is 1.80. The van der Waals surface area contributed by atoms with Gasteiger partial charge in [0.2, 0.25) is 0 Å². The standard InChI is InChI=1S/C48H40/c1-29-25-31(3)41(32(4)26-29)45-39-23-15-16-24-40(39)46(42-33(5)27-30(2)28-34(42)6)48-44(36-19-11-8-12-20-36)38-22-14-13-21-37(38)43(47(45)48)35-17-9-7-10-18-35/h7-28H,1-6H3. The summed E-state index contributed by atoms with van der Waals surface area (Å²) in [6, 6.07) is 49.8. The van der Waals surface area contributed by atoms with Crippen molar-refractivity contribution >= 4 is 32.3 Å². The maximum Gasteiger partial charge on any atom is -0.000118 e. The number of hydrogen-bond acceptors (Lipinski definition) is 0. The Morgan fingerprint density at radius 3 is 0.854 bits per heavy atom. The zero-order chi connectivity index (χ0) is 33.1. The van der Waals surface area contributed by atoms with Gasteiger partial charge >= 0.3 is 0 Å². The van der Waals surface area contributed by atoms with E-state index in [1.165, 1.54) is 110 Å². The molecule has 0 heteroatoms. The van der Waals surface area contributed by atoms with Crippen LogP contribution in [0.3, 0.4) is 0 Å². The van der Waals surface area contributed by atoms with Crippen LogP contribution in [0.15, 0.2) is 133 Å². The summed E-state index contributed by atoms with van der Waals surface area (Å²) >= 11 is 0. The summed E-state index contributed by atoms with van der Waals surface area (Å²) in [5, 5.41) is 7.78. The van der Waals surface area contributed by atoms with Crippen molar-refractivity contribution in [2.75, 3.05) is 0 Å². The van der Waals surface area contributed by atoms with Crippen molar-refractivity contribution < 1.29 is 0 Å². The Hall–Kier alpha value is -5.46. The molecule has 0 saturated carbocycles.